The van der Waals surface area contributed by atoms with Crippen LogP contribution in [0.3, 0.4) is 0 Å². The smallest absolute Gasteiger partial charge is 0.254 e. The minimum absolute atomic E-state index is 0.107. The molecule has 0 bridgehead atoms. The second-order valence-corrected chi connectivity index (χ2v) is 4.15. The highest BCUT2D eigenvalue weighted by atomic mass is 16.3. The highest BCUT2D eigenvalue weighted by Crippen LogP contribution is 1.98. The number of nitrogens with zero attached hydrogens (tertiary/aromatic N) is 1. The lowest BCUT2D eigenvalue weighted by molar-refractivity contribution is -0.120. The van der Waals surface area contributed by atoms with Crippen molar-refractivity contribution in [2.45, 2.75) is 12.8 Å². The lowest BCUT2D eigenvalue weighted by Gasteiger charge is -2.05. The topological polar surface area (TPSA) is 100 Å². The van der Waals surface area contributed by atoms with Crippen LogP contribution in [-0.2, 0) is 11.2 Å². The third-order valence-electron chi connectivity index (χ3n) is 2.66. The highest BCUT2D eigenvalue weighted by molar-refractivity contribution is 5.93. The van der Waals surface area contributed by atoms with Crippen molar-refractivity contribution in [3.05, 3.63) is 42.4 Å². The second kappa shape index (κ2) is 7.13. The van der Waals surface area contributed by atoms with Crippen molar-refractivity contribution >= 4 is 11.8 Å². The number of furan rings is 1. The molecular weight excluding hydrogens is 260 g/mol. The molecule has 106 valence electrons. The van der Waals surface area contributed by atoms with Crippen LogP contribution in [0.2, 0.25) is 0 Å². The molecule has 0 atom stereocenters. The Hall–Kier alpha value is -2.57. The molecule has 0 saturated carbocycles. The number of amides is 2. The molecule has 2 aromatic rings. The van der Waals surface area contributed by atoms with Gasteiger partial charge < -0.3 is 20.0 Å². The maximum atomic E-state index is 11.5. The lowest BCUT2D eigenvalue weighted by atomic mass is 10.3. The predicted octanol–water partition coefficient (Wildman–Crippen LogP) is 0.481. The van der Waals surface area contributed by atoms with Gasteiger partial charge in [0.1, 0.15) is 12.1 Å². The molecule has 0 aromatic carbocycles. The van der Waals surface area contributed by atoms with E-state index in [9.17, 15) is 9.59 Å². The van der Waals surface area contributed by atoms with Crippen molar-refractivity contribution in [1.82, 2.24) is 20.6 Å². The molecule has 0 aliphatic rings. The van der Waals surface area contributed by atoms with E-state index in [1.807, 2.05) is 0 Å². The van der Waals surface area contributed by atoms with Crippen molar-refractivity contribution in [3.8, 4) is 0 Å². The molecule has 0 fully saturated rings. The summed E-state index contributed by atoms with van der Waals surface area (Å²) in [7, 11) is 0. The Balaban J connectivity index is 1.57. The first-order chi connectivity index (χ1) is 9.75. The second-order valence-electron chi connectivity index (χ2n) is 4.15. The van der Waals surface area contributed by atoms with E-state index < -0.39 is 0 Å². The summed E-state index contributed by atoms with van der Waals surface area (Å²) in [6.07, 6.45) is 7.09. The van der Waals surface area contributed by atoms with Gasteiger partial charge >= 0.3 is 0 Å². The van der Waals surface area contributed by atoms with Crippen LogP contribution in [0.5, 0.6) is 0 Å². The molecule has 2 rings (SSSR count). The molecule has 2 heterocycles. The first-order valence-electron chi connectivity index (χ1n) is 6.31. The maximum Gasteiger partial charge on any atom is 0.254 e. The Morgan fingerprint density at radius 1 is 1.30 bits per heavy atom. The number of aromatic nitrogens is 2. The molecule has 2 aromatic heterocycles. The van der Waals surface area contributed by atoms with Crippen molar-refractivity contribution < 1.29 is 14.0 Å². The standard InChI is InChI=1S/C13H16N4O3/c18-12(16-4-1-11-14-6-7-15-11)2-5-17-13(19)10-3-8-20-9-10/h3,6-9H,1-2,4-5H2,(H,14,15)(H,16,18)(H,17,19). The number of carbonyl (C=O) groups excluding carboxylic acids is 2. The fourth-order valence-electron chi connectivity index (χ4n) is 1.63. The Morgan fingerprint density at radius 3 is 2.90 bits per heavy atom. The van der Waals surface area contributed by atoms with E-state index in [0.29, 0.717) is 18.5 Å². The van der Waals surface area contributed by atoms with E-state index in [0.717, 1.165) is 5.82 Å². The lowest BCUT2D eigenvalue weighted by Crippen LogP contribution is -2.31. The molecule has 0 unspecified atom stereocenters. The summed E-state index contributed by atoms with van der Waals surface area (Å²) in [6.45, 7) is 0.804. The van der Waals surface area contributed by atoms with Crippen LogP contribution >= 0.6 is 0 Å². The van der Waals surface area contributed by atoms with Gasteiger partial charge in [0.25, 0.3) is 5.91 Å². The van der Waals surface area contributed by atoms with Crippen LogP contribution in [0.1, 0.15) is 22.6 Å². The van der Waals surface area contributed by atoms with Gasteiger partial charge in [-0.2, -0.15) is 0 Å². The van der Waals surface area contributed by atoms with E-state index in [2.05, 4.69) is 20.6 Å². The van der Waals surface area contributed by atoms with Crippen LogP contribution < -0.4 is 10.6 Å². The maximum absolute atomic E-state index is 11.5. The van der Waals surface area contributed by atoms with Gasteiger partial charge in [0, 0.05) is 38.3 Å². The van der Waals surface area contributed by atoms with Crippen LogP contribution in [0, 0.1) is 0 Å². The van der Waals surface area contributed by atoms with Gasteiger partial charge in [0.05, 0.1) is 11.8 Å². The van der Waals surface area contributed by atoms with Crippen molar-refractivity contribution in [2.24, 2.45) is 0 Å². The number of H-pyrrole nitrogens is 1. The van der Waals surface area contributed by atoms with E-state index in [1.165, 1.54) is 12.5 Å². The minimum atomic E-state index is -0.248. The summed E-state index contributed by atoms with van der Waals surface area (Å²) in [5, 5.41) is 5.40. The summed E-state index contributed by atoms with van der Waals surface area (Å²) in [4.78, 5) is 30.1. The van der Waals surface area contributed by atoms with Crippen LogP contribution in [0.4, 0.5) is 0 Å². The summed E-state index contributed by atoms with van der Waals surface area (Å²) >= 11 is 0. The Bertz CT molecular complexity index is 534. The van der Waals surface area contributed by atoms with Gasteiger partial charge in [-0.15, -0.1) is 0 Å². The first-order valence-corrected chi connectivity index (χ1v) is 6.31. The number of rotatable bonds is 7. The fourth-order valence-corrected chi connectivity index (χ4v) is 1.63. The fraction of sp³-hybridized carbons (Fsp3) is 0.308. The van der Waals surface area contributed by atoms with E-state index in [-0.39, 0.29) is 24.8 Å². The average molecular weight is 276 g/mol. The number of nitrogens with one attached hydrogen (secondary N) is 3. The van der Waals surface area contributed by atoms with Gasteiger partial charge in [-0.25, -0.2) is 4.98 Å². The number of carbonyl (C=O) groups is 2. The largest absolute Gasteiger partial charge is 0.472 e. The molecule has 3 N–H and O–H groups in total. The van der Waals surface area contributed by atoms with Crippen molar-refractivity contribution in [1.29, 1.82) is 0 Å². The van der Waals surface area contributed by atoms with Crippen molar-refractivity contribution in [2.75, 3.05) is 13.1 Å². The van der Waals surface area contributed by atoms with Crippen molar-refractivity contribution in [3.63, 3.8) is 0 Å². The molecule has 2 amide bonds. The molecule has 0 spiro atoms. The first kappa shape index (κ1) is 13.9. The SMILES string of the molecule is O=C(CCNC(=O)c1ccoc1)NCCc1ncc[nH]1. The number of aromatic amines is 1. The number of hydrogen-bond donors (Lipinski definition) is 3. The van der Waals surface area contributed by atoms with Crippen LogP contribution in [-0.4, -0.2) is 34.9 Å². The van der Waals surface area contributed by atoms with Crippen LogP contribution in [0.25, 0.3) is 0 Å². The molecule has 7 heteroatoms. The third kappa shape index (κ3) is 4.27. The molecule has 7 nitrogen and oxygen atoms in total. The summed E-state index contributed by atoms with van der Waals surface area (Å²) in [6, 6.07) is 1.57. The molecule has 0 radical (unpaired) electrons. The van der Waals surface area contributed by atoms with Gasteiger partial charge in [-0.3, -0.25) is 9.59 Å². The molecule has 0 saturated heterocycles. The number of hydrogen-bond acceptors (Lipinski definition) is 4. The normalized spacial score (nSPS) is 10.2. The summed E-state index contributed by atoms with van der Waals surface area (Å²) in [5.74, 6) is 0.477. The number of imidazole rings is 1. The van der Waals surface area contributed by atoms with E-state index in [4.69, 9.17) is 4.42 Å². The minimum Gasteiger partial charge on any atom is -0.472 e. The monoisotopic (exact) mass is 276 g/mol. The Morgan fingerprint density at radius 2 is 2.20 bits per heavy atom. The van der Waals surface area contributed by atoms with Gasteiger partial charge in [0.2, 0.25) is 5.91 Å². The van der Waals surface area contributed by atoms with E-state index in [1.54, 1.807) is 18.5 Å². The van der Waals surface area contributed by atoms with Gasteiger partial charge in [0.15, 0.2) is 0 Å². The van der Waals surface area contributed by atoms with Crippen LogP contribution in [0.15, 0.2) is 35.4 Å². The zero-order valence-corrected chi connectivity index (χ0v) is 10.9. The highest BCUT2D eigenvalue weighted by Gasteiger charge is 2.07. The zero-order chi connectivity index (χ0) is 14.2. The Labute approximate surface area is 115 Å². The predicted molar refractivity (Wildman–Crippen MR) is 71.0 cm³/mol. The average Bonchev–Trinajstić information content (AvgIpc) is 3.12. The van der Waals surface area contributed by atoms with Gasteiger partial charge in [-0.1, -0.05) is 0 Å². The Kier molecular flexibility index (Phi) is 4.94. The molecule has 20 heavy (non-hydrogen) atoms. The van der Waals surface area contributed by atoms with E-state index >= 15 is 0 Å². The molecule has 0 aliphatic carbocycles. The van der Waals surface area contributed by atoms with Gasteiger partial charge in [-0.05, 0) is 6.07 Å². The quantitative estimate of drug-likeness (QED) is 0.684. The third-order valence-corrected chi connectivity index (χ3v) is 2.66. The molecular formula is C13H16N4O3. The zero-order valence-electron chi connectivity index (χ0n) is 10.9. The molecule has 0 aliphatic heterocycles. The summed E-state index contributed by atoms with van der Waals surface area (Å²) in [5.41, 5.74) is 0.447. The summed E-state index contributed by atoms with van der Waals surface area (Å²) < 4.78 is 4.80.